The molecule has 0 heterocycles. The molecule has 0 aliphatic heterocycles. The molecular weight excluding hydrogens is 224 g/mol. The molecule has 0 saturated carbocycles. The Morgan fingerprint density at radius 2 is 2.17 bits per heavy atom. The van der Waals surface area contributed by atoms with E-state index >= 15 is 0 Å². The average molecular weight is 235 g/mol. The Balaban J connectivity index is 4.03. The minimum absolute atomic E-state index is 0.0760. The molecule has 0 saturated heterocycles. The van der Waals surface area contributed by atoms with Crippen LogP contribution in [0.4, 0.5) is 0 Å². The number of rotatable bonds is 6. The fraction of sp³-hybridized carbons (Fsp3) is 0.500. The van der Waals surface area contributed by atoms with Crippen LogP contribution in [-0.4, -0.2) is 22.2 Å². The molecular formula is C8H11BrO3. The van der Waals surface area contributed by atoms with E-state index in [-0.39, 0.29) is 17.5 Å². The van der Waals surface area contributed by atoms with E-state index in [0.29, 0.717) is 6.42 Å². The summed E-state index contributed by atoms with van der Waals surface area (Å²) in [4.78, 5) is 21.4. The Labute approximate surface area is 79.6 Å². The van der Waals surface area contributed by atoms with Crippen LogP contribution in [0, 0.1) is 5.92 Å². The molecule has 68 valence electrons. The lowest BCUT2D eigenvalue weighted by molar-refractivity contribution is -0.143. The smallest absolute Gasteiger partial charge is 0.307 e. The normalized spacial score (nSPS) is 12.1. The Morgan fingerprint density at radius 3 is 2.50 bits per heavy atom. The summed E-state index contributed by atoms with van der Waals surface area (Å²) >= 11 is 2.98. The molecule has 0 radical (unpaired) electrons. The van der Waals surface area contributed by atoms with Crippen molar-refractivity contribution in [3.8, 4) is 0 Å². The van der Waals surface area contributed by atoms with E-state index in [1.165, 1.54) is 6.08 Å². The largest absolute Gasteiger partial charge is 0.481 e. The topological polar surface area (TPSA) is 54.4 Å². The molecule has 0 amide bonds. The first-order valence-electron chi connectivity index (χ1n) is 3.53. The molecule has 0 aromatic heterocycles. The molecule has 0 aromatic rings. The van der Waals surface area contributed by atoms with Crippen LogP contribution < -0.4 is 0 Å². The summed E-state index contributed by atoms with van der Waals surface area (Å²) < 4.78 is 0. The van der Waals surface area contributed by atoms with Crippen LogP contribution in [0.3, 0.4) is 0 Å². The Morgan fingerprint density at radius 1 is 1.58 bits per heavy atom. The number of carboxylic acids is 1. The van der Waals surface area contributed by atoms with E-state index in [4.69, 9.17) is 5.11 Å². The zero-order valence-electron chi connectivity index (χ0n) is 6.62. The van der Waals surface area contributed by atoms with E-state index in [0.717, 1.165) is 0 Å². The Bertz CT molecular complexity index is 189. The molecule has 1 atom stereocenters. The van der Waals surface area contributed by atoms with Crippen molar-refractivity contribution in [2.24, 2.45) is 5.92 Å². The Hall–Kier alpha value is -0.640. The maximum Gasteiger partial charge on any atom is 0.307 e. The maximum atomic E-state index is 10.9. The number of aliphatic carboxylic acids is 1. The molecule has 4 heteroatoms. The zero-order chi connectivity index (χ0) is 9.56. The van der Waals surface area contributed by atoms with Crippen LogP contribution in [0.1, 0.15) is 12.8 Å². The van der Waals surface area contributed by atoms with E-state index < -0.39 is 11.9 Å². The first kappa shape index (κ1) is 11.4. The molecule has 0 bridgehead atoms. The monoisotopic (exact) mass is 234 g/mol. The van der Waals surface area contributed by atoms with E-state index in [2.05, 4.69) is 22.5 Å². The van der Waals surface area contributed by atoms with E-state index in [1.54, 1.807) is 0 Å². The lowest BCUT2D eigenvalue weighted by Gasteiger charge is -2.06. The van der Waals surface area contributed by atoms with Gasteiger partial charge in [-0.25, -0.2) is 0 Å². The van der Waals surface area contributed by atoms with Gasteiger partial charge >= 0.3 is 5.97 Å². The van der Waals surface area contributed by atoms with Crippen molar-refractivity contribution in [1.82, 2.24) is 0 Å². The van der Waals surface area contributed by atoms with Crippen molar-refractivity contribution in [2.75, 3.05) is 5.33 Å². The van der Waals surface area contributed by atoms with Gasteiger partial charge in [0.25, 0.3) is 0 Å². The molecule has 12 heavy (non-hydrogen) atoms. The second-order valence-corrected chi connectivity index (χ2v) is 3.00. The Kier molecular flexibility index (Phi) is 5.62. The predicted molar refractivity (Wildman–Crippen MR) is 49.4 cm³/mol. The first-order valence-corrected chi connectivity index (χ1v) is 4.65. The van der Waals surface area contributed by atoms with Gasteiger partial charge in [-0.2, -0.15) is 0 Å². The highest BCUT2D eigenvalue weighted by Gasteiger charge is 2.18. The number of ketones is 1. The molecule has 1 unspecified atom stereocenters. The van der Waals surface area contributed by atoms with Gasteiger partial charge < -0.3 is 5.11 Å². The molecule has 0 spiro atoms. The van der Waals surface area contributed by atoms with Crippen LogP contribution >= 0.6 is 15.9 Å². The highest BCUT2D eigenvalue weighted by molar-refractivity contribution is 9.09. The minimum Gasteiger partial charge on any atom is -0.481 e. The fourth-order valence-corrected chi connectivity index (χ4v) is 1.03. The van der Waals surface area contributed by atoms with Gasteiger partial charge in [0.05, 0.1) is 11.2 Å². The van der Waals surface area contributed by atoms with Crippen LogP contribution in [0.2, 0.25) is 0 Å². The van der Waals surface area contributed by atoms with Gasteiger partial charge in [-0.15, -0.1) is 6.58 Å². The number of Topliss-reactive ketones (excluding diaryl/α,β-unsaturated/α-hetero) is 1. The van der Waals surface area contributed by atoms with Crippen molar-refractivity contribution < 1.29 is 14.7 Å². The predicted octanol–water partition coefficient (Wildman–Crippen LogP) is 1.62. The lowest BCUT2D eigenvalue weighted by Crippen LogP contribution is -2.17. The molecule has 1 N–H and O–H groups in total. The number of halogens is 1. The molecule has 0 aromatic carbocycles. The van der Waals surface area contributed by atoms with Gasteiger partial charge in [-0.3, -0.25) is 9.59 Å². The molecule has 0 aliphatic carbocycles. The summed E-state index contributed by atoms with van der Waals surface area (Å²) in [5.74, 6) is -1.65. The van der Waals surface area contributed by atoms with Crippen molar-refractivity contribution in [3.63, 3.8) is 0 Å². The van der Waals surface area contributed by atoms with Gasteiger partial charge in [-0.1, -0.05) is 22.0 Å². The molecule has 0 fully saturated rings. The summed E-state index contributed by atoms with van der Waals surface area (Å²) in [5, 5.41) is 8.85. The summed E-state index contributed by atoms with van der Waals surface area (Å²) in [7, 11) is 0. The third kappa shape index (κ3) is 4.28. The first-order chi connectivity index (χ1) is 5.61. The summed E-state index contributed by atoms with van der Waals surface area (Å²) in [6.07, 6.45) is 1.93. The van der Waals surface area contributed by atoms with Gasteiger partial charge in [-0.05, 0) is 6.42 Å². The van der Waals surface area contributed by atoms with Crippen LogP contribution in [-0.2, 0) is 9.59 Å². The third-order valence-corrected chi connectivity index (χ3v) is 2.05. The fourth-order valence-electron chi connectivity index (χ4n) is 0.802. The lowest BCUT2D eigenvalue weighted by atomic mass is 10.00. The molecule has 3 nitrogen and oxygen atoms in total. The number of carboxylic acid groups (broad SMARTS) is 1. The summed E-state index contributed by atoms with van der Waals surface area (Å²) in [6.45, 7) is 3.43. The number of hydrogen-bond acceptors (Lipinski definition) is 2. The van der Waals surface area contributed by atoms with Crippen molar-refractivity contribution in [2.45, 2.75) is 12.8 Å². The standard InChI is InChI=1S/C8H11BrO3/c1-2-3-6(8(11)12)4-7(10)5-9/h2,6H,1,3-5H2,(H,11,12). The molecule has 0 aliphatic rings. The quantitative estimate of drug-likeness (QED) is 0.562. The van der Waals surface area contributed by atoms with Gasteiger partial charge in [0.1, 0.15) is 5.78 Å². The third-order valence-electron chi connectivity index (χ3n) is 1.42. The van der Waals surface area contributed by atoms with E-state index in [1.807, 2.05) is 0 Å². The number of carbonyl (C=O) groups is 2. The highest BCUT2D eigenvalue weighted by Crippen LogP contribution is 2.10. The van der Waals surface area contributed by atoms with Gasteiger partial charge in [0, 0.05) is 6.42 Å². The number of alkyl halides is 1. The van der Waals surface area contributed by atoms with Crippen molar-refractivity contribution in [3.05, 3.63) is 12.7 Å². The van der Waals surface area contributed by atoms with Gasteiger partial charge in [0.2, 0.25) is 0 Å². The zero-order valence-corrected chi connectivity index (χ0v) is 8.21. The summed E-state index contributed by atoms with van der Waals surface area (Å²) in [5.41, 5.74) is 0. The van der Waals surface area contributed by atoms with Crippen LogP contribution in [0.5, 0.6) is 0 Å². The molecule has 0 rings (SSSR count). The highest BCUT2D eigenvalue weighted by atomic mass is 79.9. The van der Waals surface area contributed by atoms with E-state index in [9.17, 15) is 9.59 Å². The van der Waals surface area contributed by atoms with Crippen molar-refractivity contribution >= 4 is 27.7 Å². The summed E-state index contributed by atoms with van der Waals surface area (Å²) in [6, 6.07) is 0. The van der Waals surface area contributed by atoms with Crippen molar-refractivity contribution in [1.29, 1.82) is 0 Å². The SMILES string of the molecule is C=CCC(CC(=O)CBr)C(=O)O. The number of hydrogen-bond donors (Lipinski definition) is 1. The maximum absolute atomic E-state index is 10.9. The second kappa shape index (κ2) is 5.94. The van der Waals surface area contributed by atoms with Crippen LogP contribution in [0.25, 0.3) is 0 Å². The average Bonchev–Trinajstić information content (AvgIpc) is 2.03. The van der Waals surface area contributed by atoms with Crippen LogP contribution in [0.15, 0.2) is 12.7 Å². The second-order valence-electron chi connectivity index (χ2n) is 2.44. The van der Waals surface area contributed by atoms with Gasteiger partial charge in [0.15, 0.2) is 0 Å². The minimum atomic E-state index is -0.941. The number of allylic oxidation sites excluding steroid dienone is 1. The number of carbonyl (C=O) groups excluding carboxylic acids is 1.